The Morgan fingerprint density at radius 2 is 1.73 bits per heavy atom. The van der Waals surface area contributed by atoms with E-state index in [1.54, 1.807) is 48.5 Å². The number of amides is 4. The summed E-state index contributed by atoms with van der Waals surface area (Å²) in [4.78, 5) is 38.3. The average molecular weight is 354 g/mol. The van der Waals surface area contributed by atoms with Crippen LogP contribution >= 0.6 is 0 Å². The first-order valence-corrected chi connectivity index (χ1v) is 8.00. The molecule has 4 amide bonds. The van der Waals surface area contributed by atoms with Crippen LogP contribution in [-0.2, 0) is 16.0 Å². The van der Waals surface area contributed by atoms with Gasteiger partial charge in [-0.15, -0.1) is 0 Å². The number of rotatable bonds is 5. The molecular weight excluding hydrogens is 336 g/mol. The van der Waals surface area contributed by atoms with Crippen molar-refractivity contribution < 1.29 is 23.9 Å². The smallest absolute Gasteiger partial charge is 0.335 e. The van der Waals surface area contributed by atoms with E-state index in [1.807, 2.05) is 0 Å². The number of nitrogens with one attached hydrogen (secondary N) is 1. The third-order valence-corrected chi connectivity index (χ3v) is 4.20. The lowest BCUT2D eigenvalue weighted by molar-refractivity contribution is -0.134. The molecule has 134 valence electrons. The third-order valence-electron chi connectivity index (χ3n) is 4.20. The summed E-state index contributed by atoms with van der Waals surface area (Å²) in [5.74, 6) is -1.11. The number of anilines is 1. The Morgan fingerprint density at radius 1 is 1.00 bits per heavy atom. The summed E-state index contributed by atoms with van der Waals surface area (Å²) >= 11 is 0. The fourth-order valence-electron chi connectivity index (χ4n) is 2.86. The van der Waals surface area contributed by atoms with Crippen molar-refractivity contribution in [2.24, 2.45) is 5.92 Å². The van der Waals surface area contributed by atoms with Crippen molar-refractivity contribution in [3.8, 4) is 11.5 Å². The minimum absolute atomic E-state index is 0.106. The van der Waals surface area contributed by atoms with Gasteiger partial charge in [0, 0.05) is 6.07 Å². The van der Waals surface area contributed by atoms with E-state index in [0.717, 1.165) is 4.90 Å². The molecule has 2 aromatic carbocycles. The first kappa shape index (κ1) is 17.5. The van der Waals surface area contributed by atoms with Gasteiger partial charge in [-0.1, -0.05) is 24.3 Å². The number of barbiturate groups is 1. The van der Waals surface area contributed by atoms with E-state index in [4.69, 9.17) is 9.47 Å². The number of urea groups is 1. The molecule has 0 unspecified atom stereocenters. The largest absolute Gasteiger partial charge is 0.497 e. The van der Waals surface area contributed by atoms with Gasteiger partial charge in [-0.2, -0.15) is 0 Å². The lowest BCUT2D eigenvalue weighted by atomic mass is 9.94. The maximum atomic E-state index is 12.9. The molecule has 0 bridgehead atoms. The molecular formula is C19H18N2O5. The van der Waals surface area contributed by atoms with Crippen LogP contribution in [0.25, 0.3) is 0 Å². The molecule has 1 aliphatic heterocycles. The van der Waals surface area contributed by atoms with E-state index in [0.29, 0.717) is 22.7 Å². The van der Waals surface area contributed by atoms with Gasteiger partial charge in [0.15, 0.2) is 0 Å². The topological polar surface area (TPSA) is 84.9 Å². The maximum absolute atomic E-state index is 12.9. The highest BCUT2D eigenvalue weighted by Gasteiger charge is 2.41. The molecule has 1 N–H and O–H groups in total. The molecule has 7 heteroatoms. The van der Waals surface area contributed by atoms with E-state index in [1.165, 1.54) is 14.2 Å². The first-order valence-electron chi connectivity index (χ1n) is 8.00. The maximum Gasteiger partial charge on any atom is 0.335 e. The summed E-state index contributed by atoms with van der Waals surface area (Å²) < 4.78 is 10.5. The van der Waals surface area contributed by atoms with Crippen LogP contribution in [0.15, 0.2) is 48.5 Å². The normalized spacial score (nSPS) is 17.1. The lowest BCUT2D eigenvalue weighted by Crippen LogP contribution is -2.58. The van der Waals surface area contributed by atoms with Crippen molar-refractivity contribution in [3.05, 3.63) is 54.1 Å². The van der Waals surface area contributed by atoms with Crippen molar-refractivity contribution >= 4 is 23.5 Å². The molecule has 0 aliphatic carbocycles. The number of carbonyl (C=O) groups is 3. The molecule has 2 aromatic rings. The minimum atomic E-state index is -1.03. The van der Waals surface area contributed by atoms with Gasteiger partial charge in [0.2, 0.25) is 11.8 Å². The van der Waals surface area contributed by atoms with Crippen molar-refractivity contribution in [1.82, 2.24) is 5.32 Å². The summed E-state index contributed by atoms with van der Waals surface area (Å²) in [5, 5.41) is 2.25. The summed E-state index contributed by atoms with van der Waals surface area (Å²) in [6.07, 6.45) is 0.106. The van der Waals surface area contributed by atoms with Gasteiger partial charge in [-0.05, 0) is 30.2 Å². The molecule has 0 spiro atoms. The highest BCUT2D eigenvalue weighted by atomic mass is 16.5. The van der Waals surface area contributed by atoms with Gasteiger partial charge in [0.1, 0.15) is 17.4 Å². The Bertz CT molecular complexity index is 850. The molecule has 1 fully saturated rings. The van der Waals surface area contributed by atoms with Gasteiger partial charge in [0.05, 0.1) is 19.9 Å². The Hall–Kier alpha value is -3.35. The van der Waals surface area contributed by atoms with Crippen molar-refractivity contribution in [2.75, 3.05) is 19.1 Å². The number of ether oxygens (including phenoxy) is 2. The fraction of sp³-hybridized carbons (Fsp3) is 0.211. The Morgan fingerprint density at radius 3 is 2.38 bits per heavy atom. The monoisotopic (exact) mass is 354 g/mol. The SMILES string of the molecule is COc1ccc(C[C@H]2C(=O)NC(=O)N(c3ccccc3)C2=O)c(OC)c1. The zero-order valence-corrected chi connectivity index (χ0v) is 14.4. The number of imide groups is 2. The summed E-state index contributed by atoms with van der Waals surface area (Å²) in [5.41, 5.74) is 1.08. The Balaban J connectivity index is 1.91. The molecule has 7 nitrogen and oxygen atoms in total. The number of carbonyl (C=O) groups excluding carboxylic acids is 3. The molecule has 1 heterocycles. The first-order chi connectivity index (χ1) is 12.5. The van der Waals surface area contributed by atoms with Gasteiger partial charge in [-0.25, -0.2) is 9.69 Å². The highest BCUT2D eigenvalue weighted by Crippen LogP contribution is 2.29. The van der Waals surface area contributed by atoms with Crippen molar-refractivity contribution in [1.29, 1.82) is 0 Å². The molecule has 3 rings (SSSR count). The standard InChI is InChI=1S/C19H18N2O5/c1-25-14-9-8-12(16(11-14)26-2)10-15-17(22)20-19(24)21(18(15)23)13-6-4-3-5-7-13/h3-9,11,15H,10H2,1-2H3,(H,20,22,24)/t15-/m0/s1. The molecule has 1 atom stereocenters. The minimum Gasteiger partial charge on any atom is -0.497 e. The van der Waals surface area contributed by atoms with Gasteiger partial charge < -0.3 is 9.47 Å². The third kappa shape index (κ3) is 3.23. The van der Waals surface area contributed by atoms with Crippen LogP contribution in [0.1, 0.15) is 5.56 Å². The second-order valence-electron chi connectivity index (χ2n) is 5.74. The summed E-state index contributed by atoms with van der Waals surface area (Å²) in [6, 6.07) is 12.9. The van der Waals surface area contributed by atoms with Crippen molar-refractivity contribution in [3.63, 3.8) is 0 Å². The quantitative estimate of drug-likeness (QED) is 0.832. The number of hydrogen-bond donors (Lipinski definition) is 1. The fourth-order valence-corrected chi connectivity index (χ4v) is 2.86. The molecule has 1 saturated heterocycles. The average Bonchev–Trinajstić information content (AvgIpc) is 2.65. The van der Waals surface area contributed by atoms with Crippen LogP contribution in [0, 0.1) is 5.92 Å². The van der Waals surface area contributed by atoms with Crippen LogP contribution < -0.4 is 19.7 Å². The van der Waals surface area contributed by atoms with Crippen molar-refractivity contribution in [2.45, 2.75) is 6.42 Å². The van der Waals surface area contributed by atoms with Crippen LogP contribution in [0.5, 0.6) is 11.5 Å². The van der Waals surface area contributed by atoms with E-state index in [-0.39, 0.29) is 6.42 Å². The zero-order chi connectivity index (χ0) is 18.7. The van der Waals surface area contributed by atoms with Gasteiger partial charge >= 0.3 is 6.03 Å². The van der Waals surface area contributed by atoms with E-state index in [2.05, 4.69) is 5.32 Å². The Labute approximate surface area is 150 Å². The van der Waals surface area contributed by atoms with E-state index in [9.17, 15) is 14.4 Å². The molecule has 0 radical (unpaired) electrons. The highest BCUT2D eigenvalue weighted by molar-refractivity contribution is 6.27. The number of hydrogen-bond acceptors (Lipinski definition) is 5. The van der Waals surface area contributed by atoms with Crippen LogP contribution in [-0.4, -0.2) is 32.1 Å². The summed E-state index contributed by atoms with van der Waals surface area (Å²) in [7, 11) is 3.04. The van der Waals surface area contributed by atoms with Crippen LogP contribution in [0.4, 0.5) is 10.5 Å². The van der Waals surface area contributed by atoms with Gasteiger partial charge in [-0.3, -0.25) is 14.9 Å². The van der Waals surface area contributed by atoms with E-state index < -0.39 is 23.8 Å². The second-order valence-corrected chi connectivity index (χ2v) is 5.74. The Kier molecular flexibility index (Phi) is 4.88. The zero-order valence-electron chi connectivity index (χ0n) is 14.4. The molecule has 26 heavy (non-hydrogen) atoms. The number of para-hydroxylation sites is 1. The lowest BCUT2D eigenvalue weighted by Gasteiger charge is -2.30. The molecule has 1 aliphatic rings. The summed E-state index contributed by atoms with van der Waals surface area (Å²) in [6.45, 7) is 0. The van der Waals surface area contributed by atoms with Crippen LogP contribution in [0.3, 0.4) is 0 Å². The molecule has 0 aromatic heterocycles. The predicted molar refractivity (Wildman–Crippen MR) is 94.2 cm³/mol. The number of benzene rings is 2. The molecule has 0 saturated carbocycles. The second kappa shape index (κ2) is 7.26. The van der Waals surface area contributed by atoms with Crippen LogP contribution in [0.2, 0.25) is 0 Å². The number of methoxy groups -OCH3 is 2. The number of nitrogens with zero attached hydrogens (tertiary/aromatic N) is 1. The van der Waals surface area contributed by atoms with Gasteiger partial charge in [0.25, 0.3) is 0 Å². The predicted octanol–water partition coefficient (Wildman–Crippen LogP) is 2.15. The van der Waals surface area contributed by atoms with E-state index >= 15 is 0 Å².